The SMILES string of the molecule is CC(=O)N(C)CC1CCN(Cc2ccccc2)CC1. The van der Waals surface area contributed by atoms with Crippen molar-refractivity contribution in [2.75, 3.05) is 26.7 Å². The van der Waals surface area contributed by atoms with Gasteiger partial charge in [0.1, 0.15) is 0 Å². The first kappa shape index (κ1) is 14.1. The average Bonchev–Trinajstić information content (AvgIpc) is 2.42. The van der Waals surface area contributed by atoms with Crippen LogP contribution in [0.4, 0.5) is 0 Å². The van der Waals surface area contributed by atoms with Gasteiger partial charge in [-0.15, -0.1) is 0 Å². The Morgan fingerprint density at radius 2 is 1.89 bits per heavy atom. The van der Waals surface area contributed by atoms with E-state index in [2.05, 4.69) is 35.2 Å². The van der Waals surface area contributed by atoms with Crippen LogP contribution >= 0.6 is 0 Å². The van der Waals surface area contributed by atoms with Crippen molar-refractivity contribution in [2.24, 2.45) is 5.92 Å². The topological polar surface area (TPSA) is 23.6 Å². The van der Waals surface area contributed by atoms with Crippen molar-refractivity contribution in [2.45, 2.75) is 26.3 Å². The van der Waals surface area contributed by atoms with Crippen molar-refractivity contribution in [1.82, 2.24) is 9.80 Å². The number of rotatable bonds is 4. The fourth-order valence-corrected chi connectivity index (χ4v) is 2.68. The Morgan fingerprint density at radius 3 is 2.47 bits per heavy atom. The van der Waals surface area contributed by atoms with Gasteiger partial charge in [-0.1, -0.05) is 30.3 Å². The standard InChI is InChI=1S/C16H24N2O/c1-14(19)17(2)12-16-8-10-18(11-9-16)13-15-6-4-3-5-7-15/h3-7,16H,8-13H2,1-2H3. The molecule has 0 saturated carbocycles. The molecule has 0 aromatic heterocycles. The van der Waals surface area contributed by atoms with Crippen molar-refractivity contribution in [3.8, 4) is 0 Å². The Bertz CT molecular complexity index is 396. The highest BCUT2D eigenvalue weighted by Gasteiger charge is 2.20. The lowest BCUT2D eigenvalue weighted by molar-refractivity contribution is -0.128. The fraction of sp³-hybridized carbons (Fsp3) is 0.562. The fourth-order valence-electron chi connectivity index (χ4n) is 2.68. The Hall–Kier alpha value is -1.35. The number of carbonyl (C=O) groups is 1. The summed E-state index contributed by atoms with van der Waals surface area (Å²) in [5, 5.41) is 0. The molecule has 1 aromatic rings. The second-order valence-electron chi connectivity index (χ2n) is 5.60. The number of likely N-dealkylation sites (tertiary alicyclic amines) is 1. The third-order valence-electron chi connectivity index (χ3n) is 4.03. The number of hydrogen-bond acceptors (Lipinski definition) is 2. The lowest BCUT2D eigenvalue weighted by Crippen LogP contribution is -2.38. The van der Waals surface area contributed by atoms with Crippen molar-refractivity contribution in [1.29, 1.82) is 0 Å². The van der Waals surface area contributed by atoms with Gasteiger partial charge in [0, 0.05) is 27.1 Å². The van der Waals surface area contributed by atoms with E-state index in [-0.39, 0.29) is 5.91 Å². The zero-order valence-electron chi connectivity index (χ0n) is 12.0. The molecule has 3 nitrogen and oxygen atoms in total. The molecule has 2 rings (SSSR count). The van der Waals surface area contributed by atoms with Crippen LogP contribution in [0.1, 0.15) is 25.3 Å². The summed E-state index contributed by atoms with van der Waals surface area (Å²) < 4.78 is 0. The Kier molecular flexibility index (Phi) is 4.97. The molecule has 104 valence electrons. The van der Waals surface area contributed by atoms with E-state index in [4.69, 9.17) is 0 Å². The monoisotopic (exact) mass is 260 g/mol. The maximum atomic E-state index is 11.2. The van der Waals surface area contributed by atoms with Gasteiger partial charge >= 0.3 is 0 Å². The lowest BCUT2D eigenvalue weighted by atomic mass is 9.96. The molecule has 0 atom stereocenters. The molecule has 1 fully saturated rings. The summed E-state index contributed by atoms with van der Waals surface area (Å²) in [6, 6.07) is 10.6. The molecule has 3 heteroatoms. The molecule has 1 amide bonds. The highest BCUT2D eigenvalue weighted by atomic mass is 16.2. The van der Waals surface area contributed by atoms with E-state index in [9.17, 15) is 4.79 Å². The van der Waals surface area contributed by atoms with Gasteiger partial charge < -0.3 is 4.90 Å². The predicted molar refractivity (Wildman–Crippen MR) is 77.8 cm³/mol. The third kappa shape index (κ3) is 4.35. The second kappa shape index (κ2) is 6.71. The molecule has 1 heterocycles. The van der Waals surface area contributed by atoms with Gasteiger partial charge in [-0.05, 0) is 37.4 Å². The van der Waals surface area contributed by atoms with E-state index in [0.29, 0.717) is 5.92 Å². The molecule has 0 unspecified atom stereocenters. The summed E-state index contributed by atoms with van der Waals surface area (Å²) in [5.41, 5.74) is 1.39. The number of amides is 1. The summed E-state index contributed by atoms with van der Waals surface area (Å²) in [6.45, 7) is 5.89. The first-order valence-corrected chi connectivity index (χ1v) is 7.13. The maximum Gasteiger partial charge on any atom is 0.219 e. The summed E-state index contributed by atoms with van der Waals surface area (Å²) in [4.78, 5) is 15.6. The molecule has 1 aliphatic rings. The normalized spacial score (nSPS) is 17.4. The Morgan fingerprint density at radius 1 is 1.26 bits per heavy atom. The molecular formula is C16H24N2O. The first-order chi connectivity index (χ1) is 9.15. The van der Waals surface area contributed by atoms with Gasteiger partial charge in [-0.2, -0.15) is 0 Å². The first-order valence-electron chi connectivity index (χ1n) is 7.13. The van der Waals surface area contributed by atoms with Crippen LogP contribution in [0.15, 0.2) is 30.3 Å². The summed E-state index contributed by atoms with van der Waals surface area (Å²) in [7, 11) is 1.90. The van der Waals surface area contributed by atoms with Crippen LogP contribution in [0.2, 0.25) is 0 Å². The van der Waals surface area contributed by atoms with Gasteiger partial charge in [0.2, 0.25) is 5.91 Å². The Balaban J connectivity index is 1.75. The average molecular weight is 260 g/mol. The number of nitrogens with zero attached hydrogens (tertiary/aromatic N) is 2. The van der Waals surface area contributed by atoms with E-state index in [1.165, 1.54) is 18.4 Å². The molecule has 1 saturated heterocycles. The highest BCUT2D eigenvalue weighted by Crippen LogP contribution is 2.19. The van der Waals surface area contributed by atoms with E-state index in [1.54, 1.807) is 6.92 Å². The molecule has 0 bridgehead atoms. The number of benzene rings is 1. The molecule has 19 heavy (non-hydrogen) atoms. The van der Waals surface area contributed by atoms with E-state index in [1.807, 2.05) is 11.9 Å². The van der Waals surface area contributed by atoms with Crippen molar-refractivity contribution in [3.63, 3.8) is 0 Å². The predicted octanol–water partition coefficient (Wildman–Crippen LogP) is 2.38. The lowest BCUT2D eigenvalue weighted by Gasteiger charge is -2.33. The van der Waals surface area contributed by atoms with Crippen LogP contribution in [0.5, 0.6) is 0 Å². The molecular weight excluding hydrogens is 236 g/mol. The van der Waals surface area contributed by atoms with E-state index < -0.39 is 0 Å². The number of carbonyl (C=O) groups excluding carboxylic acids is 1. The highest BCUT2D eigenvalue weighted by molar-refractivity contribution is 5.72. The summed E-state index contributed by atoms with van der Waals surface area (Å²) in [5.74, 6) is 0.840. The minimum absolute atomic E-state index is 0.173. The maximum absolute atomic E-state index is 11.2. The van der Waals surface area contributed by atoms with Gasteiger partial charge in [0.25, 0.3) is 0 Å². The third-order valence-corrected chi connectivity index (χ3v) is 4.03. The van der Waals surface area contributed by atoms with Gasteiger partial charge in [-0.25, -0.2) is 0 Å². The van der Waals surface area contributed by atoms with E-state index in [0.717, 1.165) is 26.2 Å². The van der Waals surface area contributed by atoms with Crippen LogP contribution < -0.4 is 0 Å². The van der Waals surface area contributed by atoms with Crippen LogP contribution in [0.25, 0.3) is 0 Å². The molecule has 0 aliphatic carbocycles. The quantitative estimate of drug-likeness (QED) is 0.830. The minimum atomic E-state index is 0.173. The van der Waals surface area contributed by atoms with Crippen LogP contribution in [0, 0.1) is 5.92 Å². The van der Waals surface area contributed by atoms with Crippen LogP contribution in [-0.4, -0.2) is 42.4 Å². The number of piperidine rings is 1. The van der Waals surface area contributed by atoms with Crippen molar-refractivity contribution >= 4 is 5.91 Å². The molecule has 0 radical (unpaired) electrons. The van der Waals surface area contributed by atoms with E-state index >= 15 is 0 Å². The zero-order valence-corrected chi connectivity index (χ0v) is 12.0. The van der Waals surface area contributed by atoms with Crippen molar-refractivity contribution < 1.29 is 4.79 Å². The van der Waals surface area contributed by atoms with Crippen molar-refractivity contribution in [3.05, 3.63) is 35.9 Å². The van der Waals surface area contributed by atoms with Gasteiger partial charge in [0.15, 0.2) is 0 Å². The summed E-state index contributed by atoms with van der Waals surface area (Å²) in [6.07, 6.45) is 2.40. The second-order valence-corrected chi connectivity index (χ2v) is 5.60. The summed E-state index contributed by atoms with van der Waals surface area (Å²) >= 11 is 0. The van der Waals surface area contributed by atoms with Gasteiger partial charge in [0.05, 0.1) is 0 Å². The van der Waals surface area contributed by atoms with Crippen LogP contribution in [-0.2, 0) is 11.3 Å². The number of hydrogen-bond donors (Lipinski definition) is 0. The van der Waals surface area contributed by atoms with Crippen LogP contribution in [0.3, 0.4) is 0 Å². The minimum Gasteiger partial charge on any atom is -0.346 e. The largest absolute Gasteiger partial charge is 0.346 e. The smallest absolute Gasteiger partial charge is 0.219 e. The zero-order chi connectivity index (χ0) is 13.7. The molecule has 1 aromatic carbocycles. The Labute approximate surface area is 116 Å². The molecule has 0 spiro atoms. The molecule has 0 N–H and O–H groups in total. The molecule has 1 aliphatic heterocycles. The van der Waals surface area contributed by atoms with Gasteiger partial charge in [-0.3, -0.25) is 9.69 Å².